The molecule has 0 saturated carbocycles. The van der Waals surface area contributed by atoms with Crippen LogP contribution in [0.5, 0.6) is 0 Å². The van der Waals surface area contributed by atoms with E-state index < -0.39 is 16.1 Å². The van der Waals surface area contributed by atoms with Crippen molar-refractivity contribution in [1.82, 2.24) is 9.62 Å². The molecule has 1 N–H and O–H groups in total. The second-order valence-corrected chi connectivity index (χ2v) is 7.62. The van der Waals surface area contributed by atoms with Crippen LogP contribution in [0.2, 0.25) is 0 Å². The van der Waals surface area contributed by atoms with E-state index in [1.165, 1.54) is 10.6 Å². The molecule has 0 aromatic heterocycles. The lowest BCUT2D eigenvalue weighted by atomic mass is 10.1. The predicted octanol–water partition coefficient (Wildman–Crippen LogP) is 0.935. The van der Waals surface area contributed by atoms with Gasteiger partial charge in [0.1, 0.15) is 6.10 Å². The number of alkyl carbamates (subject to hydrolysis) is 1. The van der Waals surface area contributed by atoms with Gasteiger partial charge in [0.25, 0.3) is 0 Å². The van der Waals surface area contributed by atoms with Gasteiger partial charge in [0.05, 0.1) is 6.26 Å². The number of sulfonamides is 1. The zero-order valence-corrected chi connectivity index (χ0v) is 12.2. The van der Waals surface area contributed by atoms with Gasteiger partial charge in [-0.25, -0.2) is 17.5 Å². The monoisotopic (exact) mass is 278 g/mol. The molecule has 1 saturated heterocycles. The molecule has 1 aliphatic rings. The average Bonchev–Trinajstić information content (AvgIpc) is 2.13. The summed E-state index contributed by atoms with van der Waals surface area (Å²) in [7, 11) is -3.13. The minimum atomic E-state index is -3.13. The fourth-order valence-electron chi connectivity index (χ4n) is 1.77. The van der Waals surface area contributed by atoms with E-state index in [0.717, 1.165) is 0 Å². The lowest BCUT2D eigenvalue weighted by Crippen LogP contribution is -2.45. The molecule has 1 aliphatic heterocycles. The fourth-order valence-corrected chi connectivity index (χ4v) is 2.64. The van der Waals surface area contributed by atoms with Crippen molar-refractivity contribution in [1.29, 1.82) is 0 Å². The molecule has 0 radical (unpaired) electrons. The van der Waals surface area contributed by atoms with Crippen molar-refractivity contribution >= 4 is 16.1 Å². The molecule has 0 bridgehead atoms. The number of piperidine rings is 1. The topological polar surface area (TPSA) is 75.7 Å². The number of hydrogen-bond donors (Lipinski definition) is 1. The van der Waals surface area contributed by atoms with Crippen molar-refractivity contribution in [2.75, 3.05) is 19.3 Å². The third-order valence-corrected chi connectivity index (χ3v) is 3.92. The summed E-state index contributed by atoms with van der Waals surface area (Å²) >= 11 is 0. The van der Waals surface area contributed by atoms with Crippen LogP contribution in [0.1, 0.15) is 33.6 Å². The Kier molecular flexibility index (Phi) is 4.61. The van der Waals surface area contributed by atoms with Crippen LogP contribution >= 0.6 is 0 Å². The lowest BCUT2D eigenvalue weighted by Gasteiger charge is -2.30. The fraction of sp³-hybridized carbons (Fsp3) is 0.909. The van der Waals surface area contributed by atoms with Crippen molar-refractivity contribution in [3.63, 3.8) is 0 Å². The minimum Gasteiger partial charge on any atom is -0.446 e. The standard InChI is InChI=1S/C11H22N2O4S/c1-11(2,3)12-10(14)17-9-5-7-13(8-6-9)18(4,15)16/h9H,5-8H2,1-4H3,(H,12,14). The summed E-state index contributed by atoms with van der Waals surface area (Å²) in [6.45, 7) is 6.44. The Bertz CT molecular complexity index is 392. The number of amides is 1. The second kappa shape index (κ2) is 5.44. The Labute approximate surface area is 109 Å². The summed E-state index contributed by atoms with van der Waals surface area (Å²) in [4.78, 5) is 11.5. The first-order valence-electron chi connectivity index (χ1n) is 6.02. The minimum absolute atomic E-state index is 0.203. The van der Waals surface area contributed by atoms with Crippen LogP contribution in [0, 0.1) is 0 Å². The first-order chi connectivity index (χ1) is 8.08. The van der Waals surface area contributed by atoms with Gasteiger partial charge in [0.2, 0.25) is 10.0 Å². The van der Waals surface area contributed by atoms with Gasteiger partial charge in [-0.1, -0.05) is 0 Å². The number of rotatable bonds is 2. The number of ether oxygens (including phenoxy) is 1. The molecule has 18 heavy (non-hydrogen) atoms. The van der Waals surface area contributed by atoms with Crippen LogP contribution in [0.4, 0.5) is 4.79 Å². The number of hydrogen-bond acceptors (Lipinski definition) is 4. The Hall–Kier alpha value is -0.820. The highest BCUT2D eigenvalue weighted by molar-refractivity contribution is 7.88. The highest BCUT2D eigenvalue weighted by Gasteiger charge is 2.27. The quantitative estimate of drug-likeness (QED) is 0.815. The van der Waals surface area contributed by atoms with Gasteiger partial charge in [-0.3, -0.25) is 0 Å². The van der Waals surface area contributed by atoms with Crippen molar-refractivity contribution in [3.05, 3.63) is 0 Å². The van der Waals surface area contributed by atoms with Crippen LogP contribution < -0.4 is 5.32 Å². The third-order valence-electron chi connectivity index (χ3n) is 2.62. The molecule has 7 heteroatoms. The van der Waals surface area contributed by atoms with E-state index in [0.29, 0.717) is 25.9 Å². The first-order valence-corrected chi connectivity index (χ1v) is 7.87. The van der Waals surface area contributed by atoms with E-state index in [4.69, 9.17) is 4.74 Å². The maximum absolute atomic E-state index is 11.5. The molecule has 0 spiro atoms. The first kappa shape index (κ1) is 15.2. The van der Waals surface area contributed by atoms with Gasteiger partial charge in [0, 0.05) is 18.6 Å². The van der Waals surface area contributed by atoms with E-state index in [1.54, 1.807) is 0 Å². The molecular weight excluding hydrogens is 256 g/mol. The summed E-state index contributed by atoms with van der Waals surface area (Å²) in [5.41, 5.74) is -0.329. The molecule has 1 fully saturated rings. The second-order valence-electron chi connectivity index (χ2n) is 5.64. The molecule has 1 amide bonds. The maximum Gasteiger partial charge on any atom is 0.407 e. The van der Waals surface area contributed by atoms with Gasteiger partial charge in [0.15, 0.2) is 0 Å². The predicted molar refractivity (Wildman–Crippen MR) is 68.8 cm³/mol. The van der Waals surface area contributed by atoms with Crippen LogP contribution in [-0.4, -0.2) is 49.8 Å². The summed E-state index contributed by atoms with van der Waals surface area (Å²) < 4.78 is 29.3. The normalized spacial score (nSPS) is 19.6. The SMILES string of the molecule is CC(C)(C)NC(=O)OC1CCN(S(C)(=O)=O)CC1. The van der Waals surface area contributed by atoms with Crippen molar-refractivity contribution in [2.45, 2.75) is 45.3 Å². The molecule has 0 aromatic rings. The van der Waals surface area contributed by atoms with Crippen LogP contribution in [0.3, 0.4) is 0 Å². The molecule has 1 heterocycles. The summed E-state index contributed by atoms with van der Waals surface area (Å²) in [6.07, 6.45) is 1.64. The average molecular weight is 278 g/mol. The Balaban J connectivity index is 2.38. The van der Waals surface area contributed by atoms with E-state index in [1.807, 2.05) is 20.8 Å². The molecular formula is C11H22N2O4S. The van der Waals surface area contributed by atoms with Crippen molar-refractivity contribution in [3.8, 4) is 0 Å². The molecule has 0 aromatic carbocycles. The largest absolute Gasteiger partial charge is 0.446 e. The van der Waals surface area contributed by atoms with Crippen molar-refractivity contribution < 1.29 is 17.9 Å². The molecule has 6 nitrogen and oxygen atoms in total. The van der Waals surface area contributed by atoms with E-state index >= 15 is 0 Å². The van der Waals surface area contributed by atoms with Gasteiger partial charge in [-0.05, 0) is 33.6 Å². The van der Waals surface area contributed by atoms with E-state index in [2.05, 4.69) is 5.32 Å². The number of carbonyl (C=O) groups excluding carboxylic acids is 1. The Morgan fingerprint density at radius 1 is 1.28 bits per heavy atom. The smallest absolute Gasteiger partial charge is 0.407 e. The molecule has 0 aliphatic carbocycles. The summed E-state index contributed by atoms with van der Waals surface area (Å²) in [6, 6.07) is 0. The molecule has 1 rings (SSSR count). The van der Waals surface area contributed by atoms with Gasteiger partial charge < -0.3 is 10.1 Å². The summed E-state index contributed by atoms with van der Waals surface area (Å²) in [5, 5.41) is 2.71. The van der Waals surface area contributed by atoms with Gasteiger partial charge in [-0.2, -0.15) is 0 Å². The third kappa shape index (κ3) is 5.22. The zero-order valence-electron chi connectivity index (χ0n) is 11.4. The van der Waals surface area contributed by atoms with Crippen molar-refractivity contribution in [2.24, 2.45) is 0 Å². The highest BCUT2D eigenvalue weighted by atomic mass is 32.2. The molecule has 0 atom stereocenters. The maximum atomic E-state index is 11.5. The molecule has 106 valence electrons. The number of nitrogens with one attached hydrogen (secondary N) is 1. The number of nitrogens with zero attached hydrogens (tertiary/aromatic N) is 1. The Morgan fingerprint density at radius 2 is 1.78 bits per heavy atom. The Morgan fingerprint density at radius 3 is 2.17 bits per heavy atom. The summed E-state index contributed by atoms with van der Waals surface area (Å²) in [5.74, 6) is 0. The van der Waals surface area contributed by atoms with E-state index in [-0.39, 0.29) is 11.6 Å². The van der Waals surface area contributed by atoms with Crippen LogP contribution in [0.15, 0.2) is 0 Å². The number of carbonyl (C=O) groups is 1. The van der Waals surface area contributed by atoms with E-state index in [9.17, 15) is 13.2 Å². The lowest BCUT2D eigenvalue weighted by molar-refractivity contribution is 0.0628. The molecule has 0 unspecified atom stereocenters. The van der Waals surface area contributed by atoms with Crippen LogP contribution in [-0.2, 0) is 14.8 Å². The highest BCUT2D eigenvalue weighted by Crippen LogP contribution is 2.16. The van der Waals surface area contributed by atoms with Gasteiger partial charge >= 0.3 is 6.09 Å². The zero-order chi connectivity index (χ0) is 14.0. The van der Waals surface area contributed by atoms with Crippen LogP contribution in [0.25, 0.3) is 0 Å². The van der Waals surface area contributed by atoms with Gasteiger partial charge in [-0.15, -0.1) is 0 Å².